The summed E-state index contributed by atoms with van der Waals surface area (Å²) < 4.78 is 27.9. The Bertz CT molecular complexity index is 1130. The molecule has 0 spiro atoms. The van der Waals surface area contributed by atoms with Gasteiger partial charge in [-0.15, -0.1) is 11.3 Å². The Hall–Kier alpha value is -1.96. The molecule has 140 valence electrons. The van der Waals surface area contributed by atoms with Gasteiger partial charge in [0.05, 0.1) is 16.3 Å². The summed E-state index contributed by atoms with van der Waals surface area (Å²) >= 11 is 1.79. The Morgan fingerprint density at radius 2 is 2.04 bits per heavy atom. The van der Waals surface area contributed by atoms with E-state index >= 15 is 0 Å². The predicted molar refractivity (Wildman–Crippen MR) is 107 cm³/mol. The van der Waals surface area contributed by atoms with E-state index < -0.39 is 9.84 Å². The number of likely N-dealkylation sites (tertiary alicyclic amines) is 1. The average Bonchev–Trinajstić information content (AvgIpc) is 3.37. The fourth-order valence-electron chi connectivity index (χ4n) is 4.39. The van der Waals surface area contributed by atoms with Crippen molar-refractivity contribution in [1.29, 1.82) is 0 Å². The lowest BCUT2D eigenvalue weighted by Gasteiger charge is -2.16. The van der Waals surface area contributed by atoms with Crippen molar-refractivity contribution in [3.8, 4) is 11.1 Å². The van der Waals surface area contributed by atoms with Crippen molar-refractivity contribution in [3.05, 3.63) is 58.0 Å². The number of hydrogen-bond donors (Lipinski definition) is 0. The summed E-state index contributed by atoms with van der Waals surface area (Å²) in [6.45, 7) is 4.34. The highest BCUT2D eigenvalue weighted by atomic mass is 32.2. The summed E-state index contributed by atoms with van der Waals surface area (Å²) in [5.41, 5.74) is 3.03. The van der Waals surface area contributed by atoms with Crippen LogP contribution in [0.5, 0.6) is 0 Å². The first-order valence-electron chi connectivity index (χ1n) is 9.06. The van der Waals surface area contributed by atoms with Gasteiger partial charge in [0.2, 0.25) is 0 Å². The van der Waals surface area contributed by atoms with Crippen molar-refractivity contribution < 1.29 is 8.42 Å². The fraction of sp³-hybridized carbons (Fsp3) is 0.350. The molecule has 2 atom stereocenters. The standard InChI is InChI=1S/C20H21N3O2S2/c1-13-3-5-16(26-13)10-23-11-18-17-7-14(15-8-21-22(2)9-15)4-6-19(17)27(24,25)20(18)12-23/h3-9,18,20H,10-12H2,1-2H3/t18-,20-/m0/s1. The summed E-state index contributed by atoms with van der Waals surface area (Å²) in [5.74, 6) is 0.0580. The Morgan fingerprint density at radius 3 is 2.74 bits per heavy atom. The number of nitrogens with zero attached hydrogens (tertiary/aromatic N) is 3. The van der Waals surface area contributed by atoms with Crippen LogP contribution in [0.1, 0.15) is 21.2 Å². The van der Waals surface area contributed by atoms with Crippen molar-refractivity contribution in [3.63, 3.8) is 0 Å². The third-order valence-corrected chi connectivity index (χ3v) is 8.91. The molecule has 0 bridgehead atoms. The lowest BCUT2D eigenvalue weighted by Crippen LogP contribution is -2.25. The van der Waals surface area contributed by atoms with Gasteiger partial charge in [0, 0.05) is 54.1 Å². The number of aromatic nitrogens is 2. The number of rotatable bonds is 3. The summed E-state index contributed by atoms with van der Waals surface area (Å²) in [6, 6.07) is 10.0. The van der Waals surface area contributed by atoms with E-state index in [0.717, 1.165) is 29.8 Å². The highest BCUT2D eigenvalue weighted by Gasteiger charge is 2.50. The molecule has 5 rings (SSSR count). The lowest BCUT2D eigenvalue weighted by atomic mass is 9.95. The maximum absolute atomic E-state index is 13.1. The van der Waals surface area contributed by atoms with Gasteiger partial charge < -0.3 is 0 Å². The van der Waals surface area contributed by atoms with E-state index in [-0.39, 0.29) is 11.2 Å². The number of aryl methyl sites for hydroxylation is 2. The monoisotopic (exact) mass is 399 g/mol. The van der Waals surface area contributed by atoms with Crippen LogP contribution in [0.4, 0.5) is 0 Å². The first-order chi connectivity index (χ1) is 12.9. The van der Waals surface area contributed by atoms with Gasteiger partial charge >= 0.3 is 0 Å². The van der Waals surface area contributed by atoms with E-state index in [1.807, 2.05) is 25.5 Å². The van der Waals surface area contributed by atoms with Crippen LogP contribution in [-0.2, 0) is 23.4 Å². The molecule has 27 heavy (non-hydrogen) atoms. The predicted octanol–water partition coefficient (Wildman–Crippen LogP) is 3.21. The zero-order valence-corrected chi connectivity index (χ0v) is 16.9. The second-order valence-electron chi connectivity index (χ2n) is 7.55. The van der Waals surface area contributed by atoms with Crippen molar-refractivity contribution in [2.24, 2.45) is 7.05 Å². The van der Waals surface area contributed by atoms with Gasteiger partial charge in [0.1, 0.15) is 0 Å². The quantitative estimate of drug-likeness (QED) is 0.679. The molecule has 1 fully saturated rings. The van der Waals surface area contributed by atoms with Gasteiger partial charge in [-0.25, -0.2) is 8.42 Å². The molecule has 0 radical (unpaired) electrons. The maximum Gasteiger partial charge on any atom is 0.183 e. The maximum atomic E-state index is 13.1. The molecule has 0 amide bonds. The number of benzene rings is 1. The first-order valence-corrected chi connectivity index (χ1v) is 11.4. The molecule has 7 heteroatoms. The molecule has 0 unspecified atom stereocenters. The number of fused-ring (bicyclic) bond motifs is 3. The highest BCUT2D eigenvalue weighted by Crippen LogP contribution is 2.46. The average molecular weight is 400 g/mol. The molecular formula is C20H21N3O2S2. The van der Waals surface area contributed by atoms with Crippen molar-refractivity contribution in [2.45, 2.75) is 29.5 Å². The van der Waals surface area contributed by atoms with Gasteiger partial charge in [0.25, 0.3) is 0 Å². The van der Waals surface area contributed by atoms with Gasteiger partial charge in [-0.05, 0) is 42.3 Å². The number of thiophene rings is 1. The zero-order valence-electron chi connectivity index (χ0n) is 15.3. The Labute approximate surface area is 163 Å². The third-order valence-electron chi connectivity index (χ3n) is 5.67. The van der Waals surface area contributed by atoms with Crippen LogP contribution in [0.2, 0.25) is 0 Å². The van der Waals surface area contributed by atoms with Crippen molar-refractivity contribution in [2.75, 3.05) is 13.1 Å². The van der Waals surface area contributed by atoms with E-state index in [1.54, 1.807) is 22.1 Å². The molecule has 1 aromatic carbocycles. The van der Waals surface area contributed by atoms with Crippen LogP contribution in [0.25, 0.3) is 11.1 Å². The van der Waals surface area contributed by atoms with E-state index in [1.165, 1.54) is 9.75 Å². The van der Waals surface area contributed by atoms with Gasteiger partial charge in [-0.3, -0.25) is 9.58 Å². The molecule has 2 aliphatic rings. The molecule has 5 nitrogen and oxygen atoms in total. The highest BCUT2D eigenvalue weighted by molar-refractivity contribution is 7.92. The van der Waals surface area contributed by atoms with Crippen LogP contribution < -0.4 is 0 Å². The van der Waals surface area contributed by atoms with Crippen LogP contribution in [0.3, 0.4) is 0 Å². The van der Waals surface area contributed by atoms with Crippen molar-refractivity contribution >= 4 is 21.2 Å². The largest absolute Gasteiger partial charge is 0.296 e. The van der Waals surface area contributed by atoms with E-state index in [9.17, 15) is 8.42 Å². The Kier molecular flexibility index (Phi) is 3.83. The van der Waals surface area contributed by atoms with E-state index in [0.29, 0.717) is 11.4 Å². The SMILES string of the molecule is Cc1ccc(CN2C[C@H]3c4cc(-c5cnn(C)c5)ccc4S(=O)(=O)[C@H]3C2)s1. The first kappa shape index (κ1) is 17.2. The molecule has 1 saturated heterocycles. The van der Waals surface area contributed by atoms with Crippen LogP contribution in [0, 0.1) is 6.92 Å². The fourth-order valence-corrected chi connectivity index (χ4v) is 7.52. The number of hydrogen-bond acceptors (Lipinski definition) is 5. The topological polar surface area (TPSA) is 55.2 Å². The van der Waals surface area contributed by atoms with Crippen LogP contribution in [-0.4, -0.2) is 41.4 Å². The minimum absolute atomic E-state index is 0.0580. The molecule has 0 saturated carbocycles. The molecule has 4 heterocycles. The molecular weight excluding hydrogens is 378 g/mol. The molecule has 2 aromatic heterocycles. The summed E-state index contributed by atoms with van der Waals surface area (Å²) in [6.07, 6.45) is 3.78. The van der Waals surface area contributed by atoms with Gasteiger partial charge in [-0.2, -0.15) is 5.10 Å². The lowest BCUT2D eigenvalue weighted by molar-refractivity contribution is 0.328. The van der Waals surface area contributed by atoms with Crippen LogP contribution >= 0.6 is 11.3 Å². The molecule has 2 aliphatic heterocycles. The second kappa shape index (κ2) is 6.02. The van der Waals surface area contributed by atoms with Crippen LogP contribution in [0.15, 0.2) is 47.6 Å². The summed E-state index contributed by atoms with van der Waals surface area (Å²) in [7, 11) is -1.37. The minimum Gasteiger partial charge on any atom is -0.296 e. The second-order valence-corrected chi connectivity index (χ2v) is 11.1. The molecule has 3 aromatic rings. The Morgan fingerprint density at radius 1 is 1.19 bits per heavy atom. The van der Waals surface area contributed by atoms with E-state index in [4.69, 9.17) is 0 Å². The normalized spacial score (nSPS) is 23.5. The molecule has 0 aliphatic carbocycles. The smallest absolute Gasteiger partial charge is 0.183 e. The molecule has 0 N–H and O–H groups in total. The zero-order chi connectivity index (χ0) is 18.8. The summed E-state index contributed by atoms with van der Waals surface area (Å²) in [5, 5.41) is 3.91. The Balaban J connectivity index is 1.48. The van der Waals surface area contributed by atoms with Gasteiger partial charge in [-0.1, -0.05) is 6.07 Å². The minimum atomic E-state index is -3.26. The van der Waals surface area contributed by atoms with E-state index in [2.05, 4.69) is 35.1 Å². The number of sulfone groups is 1. The third kappa shape index (κ3) is 2.76. The van der Waals surface area contributed by atoms with Gasteiger partial charge in [0.15, 0.2) is 9.84 Å². The summed E-state index contributed by atoms with van der Waals surface area (Å²) in [4.78, 5) is 5.41. The van der Waals surface area contributed by atoms with Crippen molar-refractivity contribution in [1.82, 2.24) is 14.7 Å².